The number of carbonyl (C=O) groups excluding carboxylic acids is 1. The standard InChI is InChI=1S/C27H24FNOS/c1-29(18-20-6-4-3-5-7-20)27(30)16-22-15-21(25-13-10-23(28)17-26(22)25)14-19-8-11-24(31-2)12-9-19/h3-15,17H,16,18H2,1-2H3/b21-14+. The third kappa shape index (κ3) is 4.97. The molecule has 2 nitrogen and oxygen atoms in total. The second kappa shape index (κ2) is 9.36. The van der Waals surface area contributed by atoms with Crippen molar-refractivity contribution in [2.75, 3.05) is 13.3 Å². The fourth-order valence-electron chi connectivity index (χ4n) is 3.77. The van der Waals surface area contributed by atoms with Gasteiger partial charge in [0.15, 0.2) is 0 Å². The van der Waals surface area contributed by atoms with E-state index in [1.807, 2.05) is 36.4 Å². The van der Waals surface area contributed by atoms with Gasteiger partial charge >= 0.3 is 0 Å². The van der Waals surface area contributed by atoms with Gasteiger partial charge in [-0.1, -0.05) is 48.5 Å². The van der Waals surface area contributed by atoms with E-state index in [9.17, 15) is 9.18 Å². The van der Waals surface area contributed by atoms with Gasteiger partial charge in [0.1, 0.15) is 5.82 Å². The average molecular weight is 430 g/mol. The Morgan fingerprint density at radius 1 is 1.00 bits per heavy atom. The van der Waals surface area contributed by atoms with Crippen molar-refractivity contribution in [2.45, 2.75) is 17.9 Å². The minimum absolute atomic E-state index is 0.0101. The van der Waals surface area contributed by atoms with Crippen LogP contribution < -0.4 is 0 Å². The van der Waals surface area contributed by atoms with Crippen LogP contribution in [0.1, 0.15) is 28.7 Å². The molecule has 0 heterocycles. The molecule has 31 heavy (non-hydrogen) atoms. The normalized spacial score (nSPS) is 13.8. The first-order chi connectivity index (χ1) is 15.0. The Kier molecular flexibility index (Phi) is 6.38. The summed E-state index contributed by atoms with van der Waals surface area (Å²) in [6, 6.07) is 23.0. The Balaban J connectivity index is 1.59. The summed E-state index contributed by atoms with van der Waals surface area (Å²) >= 11 is 1.70. The van der Waals surface area contributed by atoms with Crippen LogP contribution in [0.3, 0.4) is 0 Å². The zero-order valence-electron chi connectivity index (χ0n) is 17.6. The topological polar surface area (TPSA) is 20.3 Å². The predicted octanol–water partition coefficient (Wildman–Crippen LogP) is 6.53. The van der Waals surface area contributed by atoms with Crippen molar-refractivity contribution in [1.29, 1.82) is 0 Å². The van der Waals surface area contributed by atoms with Crippen LogP contribution in [0.5, 0.6) is 0 Å². The number of thioether (sulfide) groups is 1. The van der Waals surface area contributed by atoms with Gasteiger partial charge in [0, 0.05) is 18.5 Å². The molecule has 0 saturated carbocycles. The highest BCUT2D eigenvalue weighted by Gasteiger charge is 2.22. The maximum absolute atomic E-state index is 14.0. The molecule has 3 aromatic carbocycles. The third-order valence-electron chi connectivity index (χ3n) is 5.44. The van der Waals surface area contributed by atoms with Crippen molar-refractivity contribution in [1.82, 2.24) is 4.90 Å². The van der Waals surface area contributed by atoms with Crippen molar-refractivity contribution < 1.29 is 9.18 Å². The summed E-state index contributed by atoms with van der Waals surface area (Å²) in [5.41, 5.74) is 5.77. The molecule has 4 heteroatoms. The van der Waals surface area contributed by atoms with Crippen LogP contribution in [-0.4, -0.2) is 24.1 Å². The quantitative estimate of drug-likeness (QED) is 0.415. The van der Waals surface area contributed by atoms with Crippen LogP contribution in [0.25, 0.3) is 17.2 Å². The van der Waals surface area contributed by atoms with Gasteiger partial charge in [-0.2, -0.15) is 0 Å². The molecule has 0 aliphatic heterocycles. The van der Waals surface area contributed by atoms with Crippen molar-refractivity contribution in [3.63, 3.8) is 0 Å². The molecular weight excluding hydrogens is 405 g/mol. The highest BCUT2D eigenvalue weighted by atomic mass is 32.2. The molecule has 1 aliphatic carbocycles. The Labute approximate surface area is 187 Å². The Morgan fingerprint density at radius 3 is 2.45 bits per heavy atom. The number of halogens is 1. The molecule has 0 aromatic heterocycles. The van der Waals surface area contributed by atoms with E-state index in [0.29, 0.717) is 6.54 Å². The van der Waals surface area contributed by atoms with Crippen molar-refractivity contribution in [2.24, 2.45) is 0 Å². The van der Waals surface area contributed by atoms with Crippen LogP contribution in [0.15, 0.2) is 83.8 Å². The van der Waals surface area contributed by atoms with E-state index in [1.165, 1.54) is 17.0 Å². The van der Waals surface area contributed by atoms with E-state index >= 15 is 0 Å². The molecule has 1 amide bonds. The number of rotatable bonds is 6. The number of hydrogen-bond donors (Lipinski definition) is 0. The highest BCUT2D eigenvalue weighted by Crippen LogP contribution is 2.39. The Bertz CT molecular complexity index is 1150. The maximum atomic E-state index is 14.0. The Morgan fingerprint density at radius 2 is 1.74 bits per heavy atom. The maximum Gasteiger partial charge on any atom is 0.227 e. The van der Waals surface area contributed by atoms with Crippen molar-refractivity contribution in [3.8, 4) is 0 Å². The molecule has 1 aliphatic rings. The lowest BCUT2D eigenvalue weighted by Gasteiger charge is -2.18. The molecule has 0 N–H and O–H groups in total. The minimum Gasteiger partial charge on any atom is -0.341 e. The van der Waals surface area contributed by atoms with Gasteiger partial charge in [-0.25, -0.2) is 4.39 Å². The second-order valence-corrected chi connectivity index (χ2v) is 8.52. The van der Waals surface area contributed by atoms with Crippen LogP contribution in [0, 0.1) is 5.82 Å². The number of carbonyl (C=O) groups is 1. The van der Waals surface area contributed by atoms with Crippen LogP contribution >= 0.6 is 11.8 Å². The van der Waals surface area contributed by atoms with Gasteiger partial charge in [-0.3, -0.25) is 4.79 Å². The summed E-state index contributed by atoms with van der Waals surface area (Å²) in [7, 11) is 1.81. The van der Waals surface area contributed by atoms with Gasteiger partial charge in [0.25, 0.3) is 0 Å². The summed E-state index contributed by atoms with van der Waals surface area (Å²) in [4.78, 5) is 15.8. The molecule has 3 aromatic rings. The minimum atomic E-state index is -0.291. The van der Waals surface area contributed by atoms with Gasteiger partial charge in [-0.15, -0.1) is 11.8 Å². The summed E-state index contributed by atoms with van der Waals surface area (Å²) in [5, 5.41) is 0. The van der Waals surface area contributed by atoms with Gasteiger partial charge < -0.3 is 4.90 Å². The number of nitrogens with zero attached hydrogens (tertiary/aromatic N) is 1. The number of benzene rings is 3. The van der Waals surface area contributed by atoms with E-state index < -0.39 is 0 Å². The van der Waals surface area contributed by atoms with Crippen molar-refractivity contribution >= 4 is 34.9 Å². The van der Waals surface area contributed by atoms with E-state index in [4.69, 9.17) is 0 Å². The molecule has 0 fully saturated rings. The summed E-state index contributed by atoms with van der Waals surface area (Å²) in [5.74, 6) is -0.281. The van der Waals surface area contributed by atoms with E-state index in [0.717, 1.165) is 33.4 Å². The number of amides is 1. The molecule has 0 spiro atoms. The van der Waals surface area contributed by atoms with Gasteiger partial charge in [-0.05, 0) is 76.1 Å². The zero-order chi connectivity index (χ0) is 21.8. The third-order valence-corrected chi connectivity index (χ3v) is 6.18. The molecule has 0 radical (unpaired) electrons. The average Bonchev–Trinajstić information content (AvgIpc) is 3.11. The molecule has 0 saturated heterocycles. The Hall–Kier alpha value is -3.11. The summed E-state index contributed by atoms with van der Waals surface area (Å²) in [6.07, 6.45) is 6.39. The van der Waals surface area contributed by atoms with Crippen LogP contribution in [0.4, 0.5) is 4.39 Å². The van der Waals surface area contributed by atoms with Crippen molar-refractivity contribution in [3.05, 3.63) is 107 Å². The highest BCUT2D eigenvalue weighted by molar-refractivity contribution is 7.98. The first kappa shape index (κ1) is 21.1. The van der Waals surface area contributed by atoms with Gasteiger partial charge in [0.2, 0.25) is 5.91 Å². The summed E-state index contributed by atoms with van der Waals surface area (Å²) in [6.45, 7) is 0.549. The SMILES string of the molecule is CSc1ccc(/C=C2\C=C(CC(=O)N(C)Cc3ccccc3)c3cc(F)ccc32)cc1. The number of fused-ring (bicyclic) bond motifs is 1. The molecule has 0 unspecified atom stereocenters. The molecule has 0 bridgehead atoms. The van der Waals surface area contributed by atoms with E-state index in [1.54, 1.807) is 29.8 Å². The number of hydrogen-bond acceptors (Lipinski definition) is 2. The first-order valence-corrected chi connectivity index (χ1v) is 11.4. The molecular formula is C27H24FNOS. The van der Waals surface area contributed by atoms with Gasteiger partial charge in [0.05, 0.1) is 6.42 Å². The monoisotopic (exact) mass is 429 g/mol. The largest absolute Gasteiger partial charge is 0.341 e. The molecule has 4 rings (SSSR count). The molecule has 156 valence electrons. The second-order valence-electron chi connectivity index (χ2n) is 7.64. The lowest BCUT2D eigenvalue weighted by atomic mass is 10.0. The van der Waals surface area contributed by atoms with E-state index in [2.05, 4.69) is 36.6 Å². The first-order valence-electron chi connectivity index (χ1n) is 10.2. The van der Waals surface area contributed by atoms with Crippen LogP contribution in [0.2, 0.25) is 0 Å². The lowest BCUT2D eigenvalue weighted by molar-refractivity contribution is -0.129. The fraction of sp³-hybridized carbons (Fsp3) is 0.148. The summed E-state index contributed by atoms with van der Waals surface area (Å²) < 4.78 is 14.0. The lowest BCUT2D eigenvalue weighted by Crippen LogP contribution is -2.26. The van der Waals surface area contributed by atoms with E-state index in [-0.39, 0.29) is 18.1 Å². The van der Waals surface area contributed by atoms with Crippen LogP contribution in [-0.2, 0) is 11.3 Å². The predicted molar refractivity (Wildman–Crippen MR) is 128 cm³/mol. The number of allylic oxidation sites excluding steroid dienone is 2. The smallest absolute Gasteiger partial charge is 0.227 e. The zero-order valence-corrected chi connectivity index (χ0v) is 18.5. The molecule has 0 atom stereocenters. The fourth-order valence-corrected chi connectivity index (χ4v) is 4.17.